The number of halogens is 2. The van der Waals surface area contributed by atoms with Gasteiger partial charge >= 0.3 is 0 Å². The molecular weight excluding hydrogens is 654 g/mol. The van der Waals surface area contributed by atoms with Crippen LogP contribution < -0.4 is 22.9 Å². The molecule has 13 N–H and O–H groups in total. The first-order valence-corrected chi connectivity index (χ1v) is 16.0. The van der Waals surface area contributed by atoms with Crippen LogP contribution in [-0.4, -0.2) is 130 Å². The van der Waals surface area contributed by atoms with Gasteiger partial charge in [0.2, 0.25) is 0 Å². The van der Waals surface area contributed by atoms with Gasteiger partial charge in [-0.15, -0.1) is 0 Å². The second-order valence-corrected chi connectivity index (χ2v) is 12.7. The molecule has 3 aliphatic rings. The largest absolute Gasteiger partial charge is 0.388 e. The molecule has 1 saturated carbocycles. The first-order chi connectivity index (χ1) is 23.4. The predicted molar refractivity (Wildman–Crippen MR) is 166 cm³/mol. The highest BCUT2D eigenvalue weighted by atomic mass is 19.1. The summed E-state index contributed by atoms with van der Waals surface area (Å²) in [5, 5.41) is 53.5. The van der Waals surface area contributed by atoms with Crippen LogP contribution in [0.4, 0.5) is 8.78 Å². The van der Waals surface area contributed by atoms with Crippen LogP contribution in [0.5, 0.6) is 0 Å². The van der Waals surface area contributed by atoms with Gasteiger partial charge in [-0.05, 0) is 41.8 Å². The smallest absolute Gasteiger partial charge is 0.187 e. The van der Waals surface area contributed by atoms with Crippen LogP contribution in [0.3, 0.4) is 0 Å². The minimum atomic E-state index is -1.70. The SMILES string of the molecule is NC[C@H]1O[C@H](O[C@H]2[C@H](O)[C@@H](O[C@@H]3O[C@H](COCc4ccc(F)cc4)[C@@H](OCc4ccc(F)cc4)[C@H](N)[C@H]3O)[C@H](N)C[C@@H]2N)[C@H](O)[C@@H](O)[C@@H]1O. The summed E-state index contributed by atoms with van der Waals surface area (Å²) in [6.07, 6.45) is -16.2. The van der Waals surface area contributed by atoms with E-state index in [4.69, 9.17) is 51.4 Å². The lowest BCUT2D eigenvalue weighted by Crippen LogP contribution is -2.68. The summed E-state index contributed by atoms with van der Waals surface area (Å²) in [5.41, 5.74) is 26.0. The van der Waals surface area contributed by atoms with Crippen molar-refractivity contribution in [2.75, 3.05) is 13.2 Å². The van der Waals surface area contributed by atoms with E-state index in [2.05, 4.69) is 0 Å². The fourth-order valence-electron chi connectivity index (χ4n) is 6.24. The van der Waals surface area contributed by atoms with Gasteiger partial charge in [-0.3, -0.25) is 0 Å². The third-order valence-corrected chi connectivity index (χ3v) is 9.09. The summed E-state index contributed by atoms with van der Waals surface area (Å²) in [6.45, 7) is -0.205. The molecule has 0 unspecified atom stereocenters. The summed E-state index contributed by atoms with van der Waals surface area (Å²) in [5.74, 6) is -0.817. The second kappa shape index (κ2) is 16.8. The molecule has 0 spiro atoms. The van der Waals surface area contributed by atoms with E-state index >= 15 is 0 Å². The third kappa shape index (κ3) is 8.96. The van der Waals surface area contributed by atoms with E-state index in [0.717, 1.165) is 0 Å². The van der Waals surface area contributed by atoms with Crippen molar-refractivity contribution in [1.29, 1.82) is 0 Å². The van der Waals surface area contributed by atoms with E-state index in [9.17, 15) is 34.3 Å². The first-order valence-electron chi connectivity index (χ1n) is 16.0. The third-order valence-electron chi connectivity index (χ3n) is 9.09. The van der Waals surface area contributed by atoms with E-state index in [1.165, 1.54) is 24.3 Å². The Morgan fingerprint density at radius 1 is 0.633 bits per heavy atom. The Morgan fingerprint density at radius 2 is 1.14 bits per heavy atom. The van der Waals surface area contributed by atoms with Gasteiger partial charge in [0, 0.05) is 18.6 Å². The van der Waals surface area contributed by atoms with Crippen LogP contribution in [0.2, 0.25) is 0 Å². The van der Waals surface area contributed by atoms with Crippen LogP contribution in [-0.2, 0) is 41.6 Å². The fraction of sp³-hybridized carbons (Fsp3) is 0.625. The molecule has 2 aromatic carbocycles. The molecule has 2 aromatic rings. The van der Waals surface area contributed by atoms with Crippen molar-refractivity contribution in [3.63, 3.8) is 0 Å². The summed E-state index contributed by atoms with van der Waals surface area (Å²) < 4.78 is 62.3. The Hall–Kier alpha value is -2.30. The van der Waals surface area contributed by atoms with E-state index in [0.29, 0.717) is 11.1 Å². The molecule has 15 nitrogen and oxygen atoms in total. The maximum absolute atomic E-state index is 13.4. The van der Waals surface area contributed by atoms with Crippen molar-refractivity contribution in [2.45, 2.75) is 111 Å². The van der Waals surface area contributed by atoms with Crippen molar-refractivity contribution in [3.8, 4) is 0 Å². The maximum atomic E-state index is 13.4. The van der Waals surface area contributed by atoms with Gasteiger partial charge in [-0.25, -0.2) is 8.78 Å². The van der Waals surface area contributed by atoms with Crippen molar-refractivity contribution in [1.82, 2.24) is 0 Å². The van der Waals surface area contributed by atoms with Crippen LogP contribution in [0.1, 0.15) is 17.5 Å². The Morgan fingerprint density at radius 3 is 1.69 bits per heavy atom. The highest BCUT2D eigenvalue weighted by molar-refractivity contribution is 5.16. The highest BCUT2D eigenvalue weighted by Crippen LogP contribution is 2.32. The normalized spacial score (nSPS) is 39.9. The van der Waals surface area contributed by atoms with Crippen LogP contribution in [0.15, 0.2) is 48.5 Å². The molecule has 49 heavy (non-hydrogen) atoms. The minimum absolute atomic E-state index is 0.00363. The average molecular weight is 701 g/mol. The number of rotatable bonds is 12. The molecule has 5 rings (SSSR count). The van der Waals surface area contributed by atoms with Gasteiger partial charge in [0.1, 0.15) is 72.7 Å². The lowest BCUT2D eigenvalue weighted by atomic mass is 9.84. The van der Waals surface area contributed by atoms with Crippen molar-refractivity contribution in [3.05, 3.63) is 71.3 Å². The molecule has 0 radical (unpaired) electrons. The number of benzene rings is 2. The Bertz CT molecular complexity index is 1320. The van der Waals surface area contributed by atoms with Gasteiger partial charge in [0.05, 0.1) is 25.9 Å². The topological polar surface area (TPSA) is 261 Å². The quantitative estimate of drug-likeness (QED) is 0.110. The standard InChI is InChI=1S/C32H46F2N4O11/c33-16-5-1-14(2-6-16)11-44-13-21-30(45-12-15-3-7-17(34)8-4-15)22(38)24(40)31(47-21)48-28-18(36)9-19(37)29(27(28)43)49-32-26(42)25(41)23(39)20(10-35)46-32/h1-8,18-32,39-43H,9-13,35-38H2/t18-,19+,20-,21-,22-,23-,24-,25+,26-,27-,28+,29-,30-,31+,32-/m1/s1. The summed E-state index contributed by atoms with van der Waals surface area (Å²) in [4.78, 5) is 0. The van der Waals surface area contributed by atoms with E-state index in [-0.39, 0.29) is 32.8 Å². The number of hydrogen-bond donors (Lipinski definition) is 9. The molecule has 3 fully saturated rings. The number of aliphatic hydroxyl groups is 5. The monoisotopic (exact) mass is 700 g/mol. The molecule has 0 amide bonds. The van der Waals surface area contributed by atoms with E-state index in [1.807, 2.05) is 0 Å². The molecule has 1 aliphatic carbocycles. The number of hydrogen-bond acceptors (Lipinski definition) is 15. The molecule has 0 aromatic heterocycles. The second-order valence-electron chi connectivity index (χ2n) is 12.7. The van der Waals surface area contributed by atoms with Gasteiger partial charge in [-0.1, -0.05) is 24.3 Å². The zero-order chi connectivity index (χ0) is 35.4. The molecule has 2 heterocycles. The van der Waals surface area contributed by atoms with Gasteiger partial charge in [0.25, 0.3) is 0 Å². The minimum Gasteiger partial charge on any atom is -0.388 e. The van der Waals surface area contributed by atoms with E-state index in [1.54, 1.807) is 24.3 Å². The molecule has 2 saturated heterocycles. The molecule has 274 valence electrons. The van der Waals surface area contributed by atoms with Gasteiger partial charge in [0.15, 0.2) is 12.6 Å². The van der Waals surface area contributed by atoms with Crippen LogP contribution in [0.25, 0.3) is 0 Å². The Kier molecular flexibility index (Phi) is 13.0. The summed E-state index contributed by atoms with van der Waals surface area (Å²) >= 11 is 0. The van der Waals surface area contributed by atoms with Crippen molar-refractivity contribution in [2.24, 2.45) is 22.9 Å². The molecule has 17 heteroatoms. The number of nitrogens with two attached hydrogens (primary N) is 4. The Labute approximate surface area is 281 Å². The van der Waals surface area contributed by atoms with Gasteiger partial charge < -0.3 is 76.9 Å². The molecular formula is C32H46F2N4O11. The summed E-state index contributed by atoms with van der Waals surface area (Å²) in [6, 6.07) is 8.50. The predicted octanol–water partition coefficient (Wildman–Crippen LogP) is -2.56. The van der Waals surface area contributed by atoms with Crippen molar-refractivity contribution < 1.29 is 62.7 Å². The average Bonchev–Trinajstić information content (AvgIpc) is 3.08. The maximum Gasteiger partial charge on any atom is 0.187 e. The van der Waals surface area contributed by atoms with Gasteiger partial charge in [-0.2, -0.15) is 0 Å². The fourth-order valence-corrected chi connectivity index (χ4v) is 6.24. The molecule has 0 bridgehead atoms. The lowest BCUT2D eigenvalue weighted by Gasteiger charge is -2.48. The number of aliphatic hydroxyl groups excluding tert-OH is 5. The van der Waals surface area contributed by atoms with Crippen LogP contribution in [0, 0.1) is 11.6 Å². The zero-order valence-electron chi connectivity index (χ0n) is 26.6. The zero-order valence-corrected chi connectivity index (χ0v) is 26.6. The lowest BCUT2D eigenvalue weighted by molar-refractivity contribution is -0.334. The van der Waals surface area contributed by atoms with Crippen LogP contribution >= 0.6 is 0 Å². The van der Waals surface area contributed by atoms with E-state index < -0.39 is 103 Å². The molecule has 2 aliphatic heterocycles. The Balaban J connectivity index is 1.29. The first kappa shape index (κ1) is 37.9. The number of ether oxygens (including phenoxy) is 6. The highest BCUT2D eigenvalue weighted by Gasteiger charge is 2.52. The summed E-state index contributed by atoms with van der Waals surface area (Å²) in [7, 11) is 0. The van der Waals surface area contributed by atoms with Crippen molar-refractivity contribution >= 4 is 0 Å². The molecule has 15 atom stereocenters.